The Morgan fingerprint density at radius 3 is 2.90 bits per heavy atom. The molecule has 2 fully saturated rings. The van der Waals surface area contributed by atoms with Gasteiger partial charge in [-0.25, -0.2) is 9.37 Å². The quantitative estimate of drug-likeness (QED) is 0.522. The van der Waals surface area contributed by atoms with Crippen molar-refractivity contribution in [1.29, 1.82) is 0 Å². The Balaban J connectivity index is 1.36. The molecule has 3 aromatic heterocycles. The Morgan fingerprint density at radius 1 is 1.26 bits per heavy atom. The summed E-state index contributed by atoms with van der Waals surface area (Å²) in [6, 6.07) is 1.05. The molecular weight excluding hydrogens is 427 g/mol. The molecule has 4 heterocycles. The molecule has 2 aliphatic rings. The fourth-order valence-electron chi connectivity index (χ4n) is 3.46. The van der Waals surface area contributed by atoms with Gasteiger partial charge in [0.2, 0.25) is 23.1 Å². The highest BCUT2D eigenvalue weighted by molar-refractivity contribution is 6.28. The van der Waals surface area contributed by atoms with Gasteiger partial charge in [0.25, 0.3) is 0 Å². The molecular formula is C18H18ClFN10O. The predicted molar refractivity (Wildman–Crippen MR) is 110 cm³/mol. The zero-order chi connectivity index (χ0) is 21.4. The second-order valence-corrected chi connectivity index (χ2v) is 7.75. The summed E-state index contributed by atoms with van der Waals surface area (Å²) in [6.45, 7) is -0.0474. The summed E-state index contributed by atoms with van der Waals surface area (Å²) in [7, 11) is 0. The molecule has 1 saturated carbocycles. The summed E-state index contributed by atoms with van der Waals surface area (Å²) in [4.78, 5) is 34.7. The molecule has 1 amide bonds. The zero-order valence-electron chi connectivity index (χ0n) is 16.2. The van der Waals surface area contributed by atoms with Crippen molar-refractivity contribution >= 4 is 41.0 Å². The van der Waals surface area contributed by atoms with E-state index in [1.54, 1.807) is 0 Å². The van der Waals surface area contributed by atoms with Gasteiger partial charge in [-0.15, -0.1) is 0 Å². The molecule has 0 unspecified atom stereocenters. The number of aromatic nitrogens is 7. The maximum atomic E-state index is 14.3. The van der Waals surface area contributed by atoms with E-state index in [9.17, 15) is 9.18 Å². The summed E-state index contributed by atoms with van der Waals surface area (Å²) in [6.07, 6.45) is 5.37. The van der Waals surface area contributed by atoms with E-state index in [0.717, 1.165) is 18.5 Å². The summed E-state index contributed by atoms with van der Waals surface area (Å²) in [5, 5.41) is 12.7. The minimum Gasteiger partial charge on any atom is -0.326 e. The fourth-order valence-corrected chi connectivity index (χ4v) is 3.62. The number of hydrogen-bond donors (Lipinski definition) is 3. The molecule has 11 nitrogen and oxygen atoms in total. The minimum absolute atomic E-state index is 0.0105. The minimum atomic E-state index is -1.22. The average molecular weight is 445 g/mol. The van der Waals surface area contributed by atoms with Gasteiger partial charge >= 0.3 is 0 Å². The number of amides is 1. The van der Waals surface area contributed by atoms with Crippen molar-refractivity contribution in [3.63, 3.8) is 0 Å². The lowest BCUT2D eigenvalue weighted by Gasteiger charge is -2.23. The van der Waals surface area contributed by atoms with Crippen LogP contribution in [0, 0.1) is 0 Å². The van der Waals surface area contributed by atoms with Crippen LogP contribution in [0.2, 0.25) is 5.28 Å². The van der Waals surface area contributed by atoms with Crippen LogP contribution in [-0.2, 0) is 4.79 Å². The third kappa shape index (κ3) is 4.38. The predicted octanol–water partition coefficient (Wildman–Crippen LogP) is 2.21. The van der Waals surface area contributed by atoms with Gasteiger partial charge in [-0.3, -0.25) is 14.9 Å². The van der Waals surface area contributed by atoms with Crippen molar-refractivity contribution in [2.75, 3.05) is 22.1 Å². The topological polar surface area (TPSA) is 138 Å². The van der Waals surface area contributed by atoms with E-state index >= 15 is 0 Å². The Morgan fingerprint density at radius 2 is 2.13 bits per heavy atom. The molecule has 13 heteroatoms. The highest BCUT2D eigenvalue weighted by Gasteiger charge is 2.39. The van der Waals surface area contributed by atoms with Gasteiger partial charge in [-0.2, -0.15) is 20.1 Å². The second kappa shape index (κ2) is 8.02. The van der Waals surface area contributed by atoms with Crippen LogP contribution in [-0.4, -0.2) is 59.8 Å². The van der Waals surface area contributed by atoms with Gasteiger partial charge in [0.05, 0.1) is 18.4 Å². The molecule has 0 aromatic carbocycles. The zero-order valence-corrected chi connectivity index (χ0v) is 16.9. The number of H-pyrrole nitrogens is 1. The van der Waals surface area contributed by atoms with Gasteiger partial charge in [0.15, 0.2) is 5.82 Å². The number of halogens is 2. The maximum absolute atomic E-state index is 14.3. The number of hydrogen-bond acceptors (Lipinski definition) is 9. The molecule has 2 atom stereocenters. The van der Waals surface area contributed by atoms with Gasteiger partial charge in [-0.05, 0) is 24.4 Å². The largest absolute Gasteiger partial charge is 0.326 e. The highest BCUT2D eigenvalue weighted by Crippen LogP contribution is 2.39. The first kappa shape index (κ1) is 19.5. The first-order valence-electron chi connectivity index (χ1n) is 9.76. The van der Waals surface area contributed by atoms with Crippen molar-refractivity contribution in [2.45, 2.75) is 37.4 Å². The standard InChI is InChI=1S/C18H18ClFN10O/c19-16-25-17(24-13-6-11(28-29-13)9-1-2-9)27-18(26-16)30-8-10(20)5-12(30)15(31)23-14-7-21-3-4-22-14/h3-4,6-7,9-10,12H,1-2,5,8H2,(H,22,23,31)(H2,24,25,26,27,28,29)/t10-,12+/m1/s1. The smallest absolute Gasteiger partial charge is 0.248 e. The lowest BCUT2D eigenvalue weighted by molar-refractivity contribution is -0.117. The molecule has 0 radical (unpaired) electrons. The first-order valence-corrected chi connectivity index (χ1v) is 10.1. The fraction of sp³-hybridized carbons (Fsp3) is 0.389. The first-order chi connectivity index (χ1) is 15.0. The number of nitrogens with one attached hydrogen (secondary N) is 3. The molecule has 1 aliphatic carbocycles. The molecule has 0 spiro atoms. The van der Waals surface area contributed by atoms with Crippen molar-refractivity contribution in [3.05, 3.63) is 35.6 Å². The van der Waals surface area contributed by atoms with E-state index in [1.807, 2.05) is 6.07 Å². The van der Waals surface area contributed by atoms with Crippen LogP contribution >= 0.6 is 11.6 Å². The summed E-state index contributed by atoms with van der Waals surface area (Å²) in [5.41, 5.74) is 0.975. The van der Waals surface area contributed by atoms with Crippen molar-refractivity contribution in [2.24, 2.45) is 0 Å². The number of nitrogens with zero attached hydrogens (tertiary/aromatic N) is 7. The number of alkyl halides is 1. The Bertz CT molecular complexity index is 1090. The Hall–Kier alpha value is -3.41. The number of aromatic amines is 1. The molecule has 1 saturated heterocycles. The SMILES string of the molecule is O=C(Nc1cnccn1)[C@@H]1C[C@@H](F)CN1c1nc(Cl)nc(Nc2cc(C3CC3)n[nH]2)n1. The molecule has 3 aromatic rings. The summed E-state index contributed by atoms with van der Waals surface area (Å²) < 4.78 is 14.3. The normalized spacial score (nSPS) is 20.6. The van der Waals surface area contributed by atoms with Gasteiger partial charge in [0.1, 0.15) is 18.0 Å². The molecule has 1 aliphatic heterocycles. The lowest BCUT2D eigenvalue weighted by Crippen LogP contribution is -2.41. The van der Waals surface area contributed by atoms with E-state index in [-0.39, 0.29) is 36.0 Å². The average Bonchev–Trinajstić information content (AvgIpc) is 3.37. The molecule has 0 bridgehead atoms. The Kier molecular flexibility index (Phi) is 5.06. The second-order valence-electron chi connectivity index (χ2n) is 7.41. The van der Waals surface area contributed by atoms with Crippen LogP contribution in [0.3, 0.4) is 0 Å². The van der Waals surface area contributed by atoms with Gasteiger partial charge in [-0.1, -0.05) is 0 Å². The van der Waals surface area contributed by atoms with Crippen molar-refractivity contribution in [3.8, 4) is 0 Å². The van der Waals surface area contributed by atoms with E-state index in [0.29, 0.717) is 11.7 Å². The summed E-state index contributed by atoms with van der Waals surface area (Å²) in [5.74, 6) is 1.20. The van der Waals surface area contributed by atoms with E-state index in [1.165, 1.54) is 23.5 Å². The van der Waals surface area contributed by atoms with Crippen LogP contribution in [0.4, 0.5) is 27.9 Å². The van der Waals surface area contributed by atoms with Gasteiger partial charge < -0.3 is 15.5 Å². The van der Waals surface area contributed by atoms with E-state index in [2.05, 4.69) is 45.8 Å². The Labute approximate surface area is 180 Å². The van der Waals surface area contributed by atoms with Gasteiger partial charge in [0, 0.05) is 30.8 Å². The third-order valence-electron chi connectivity index (χ3n) is 5.06. The molecule has 5 rings (SSSR count). The van der Waals surface area contributed by atoms with Crippen LogP contribution in [0.5, 0.6) is 0 Å². The molecule has 160 valence electrons. The van der Waals surface area contributed by atoms with Crippen molar-refractivity contribution < 1.29 is 9.18 Å². The van der Waals surface area contributed by atoms with Crippen molar-refractivity contribution in [1.82, 2.24) is 35.1 Å². The maximum Gasteiger partial charge on any atom is 0.248 e. The summed E-state index contributed by atoms with van der Waals surface area (Å²) >= 11 is 6.09. The monoisotopic (exact) mass is 444 g/mol. The number of carbonyl (C=O) groups excluding carboxylic acids is 1. The van der Waals surface area contributed by atoms with Crippen LogP contribution in [0.1, 0.15) is 30.9 Å². The van der Waals surface area contributed by atoms with Crippen LogP contribution in [0.15, 0.2) is 24.7 Å². The molecule has 31 heavy (non-hydrogen) atoms. The van der Waals surface area contributed by atoms with E-state index in [4.69, 9.17) is 11.6 Å². The van der Waals surface area contributed by atoms with Crippen LogP contribution in [0.25, 0.3) is 0 Å². The number of carbonyl (C=O) groups is 1. The number of anilines is 4. The van der Waals surface area contributed by atoms with E-state index < -0.39 is 18.1 Å². The van der Waals surface area contributed by atoms with Crippen LogP contribution < -0.4 is 15.5 Å². The third-order valence-corrected chi connectivity index (χ3v) is 5.23. The lowest BCUT2D eigenvalue weighted by atomic mass is 10.2. The molecule has 3 N–H and O–H groups in total. The number of rotatable bonds is 6. The highest BCUT2D eigenvalue weighted by atomic mass is 35.5.